The fourth-order valence-corrected chi connectivity index (χ4v) is 5.65. The zero-order chi connectivity index (χ0) is 29.1. The second-order valence-corrected chi connectivity index (χ2v) is 11.1. The van der Waals surface area contributed by atoms with Crippen molar-refractivity contribution in [3.8, 4) is 5.75 Å². The van der Waals surface area contributed by atoms with Crippen molar-refractivity contribution in [2.24, 2.45) is 5.92 Å². The van der Waals surface area contributed by atoms with E-state index in [1.165, 1.54) is 36.1 Å². The lowest BCUT2D eigenvalue weighted by Gasteiger charge is -2.31. The molecule has 40 heavy (non-hydrogen) atoms. The van der Waals surface area contributed by atoms with Crippen LogP contribution in [0, 0.1) is 5.92 Å². The van der Waals surface area contributed by atoms with E-state index in [1.54, 1.807) is 36.4 Å². The SMILES string of the molecule is COc1ccc(S(=O)(=O)N(Cc2cn(CCOCCn3cc(CCCF)nn3)nn2)[C@@H](C(=O)NO)C(C)C)cc1. The molecule has 1 atom stereocenters. The van der Waals surface area contributed by atoms with Gasteiger partial charge in [-0.25, -0.2) is 23.3 Å². The monoisotopic (exact) mass is 582 g/mol. The number of carbonyl (C=O) groups excluding carboxylic acids is 1. The summed E-state index contributed by atoms with van der Waals surface area (Å²) in [5, 5.41) is 25.4. The van der Waals surface area contributed by atoms with E-state index in [9.17, 15) is 22.8 Å². The number of benzene rings is 1. The fourth-order valence-electron chi connectivity index (χ4n) is 3.96. The summed E-state index contributed by atoms with van der Waals surface area (Å²) in [6.45, 7) is 4.20. The van der Waals surface area contributed by atoms with Crippen molar-refractivity contribution in [2.45, 2.75) is 57.3 Å². The first-order valence-corrected chi connectivity index (χ1v) is 14.1. The van der Waals surface area contributed by atoms with Crippen LogP contribution in [0.25, 0.3) is 0 Å². The van der Waals surface area contributed by atoms with Gasteiger partial charge in [-0.2, -0.15) is 4.31 Å². The number of hydrogen-bond acceptors (Lipinski definition) is 10. The number of alkyl halides is 1. The number of hydrogen-bond donors (Lipinski definition) is 2. The Morgan fingerprint density at radius 1 is 1.07 bits per heavy atom. The first-order chi connectivity index (χ1) is 19.2. The largest absolute Gasteiger partial charge is 0.497 e. The van der Waals surface area contributed by atoms with E-state index in [4.69, 9.17) is 9.47 Å². The molecule has 2 aromatic heterocycles. The highest BCUT2D eigenvalue weighted by Gasteiger charge is 2.38. The summed E-state index contributed by atoms with van der Waals surface area (Å²) >= 11 is 0. The molecule has 0 saturated carbocycles. The third-order valence-electron chi connectivity index (χ3n) is 5.97. The van der Waals surface area contributed by atoms with Gasteiger partial charge in [0.05, 0.1) is 62.9 Å². The van der Waals surface area contributed by atoms with Crippen LogP contribution in [-0.4, -0.2) is 86.9 Å². The second-order valence-electron chi connectivity index (χ2n) is 9.24. The lowest BCUT2D eigenvalue weighted by atomic mass is 10.0. The van der Waals surface area contributed by atoms with Gasteiger partial charge in [-0.3, -0.25) is 14.4 Å². The zero-order valence-corrected chi connectivity index (χ0v) is 23.5. The Kier molecular flexibility index (Phi) is 11.5. The van der Waals surface area contributed by atoms with E-state index >= 15 is 0 Å². The molecule has 16 heteroatoms. The number of rotatable bonds is 17. The Balaban J connectivity index is 1.65. The average Bonchev–Trinajstić information content (AvgIpc) is 3.60. The van der Waals surface area contributed by atoms with Gasteiger partial charge in [0.15, 0.2) is 0 Å². The summed E-state index contributed by atoms with van der Waals surface area (Å²) < 4.78 is 54.5. The van der Waals surface area contributed by atoms with Crippen molar-refractivity contribution in [1.29, 1.82) is 0 Å². The first-order valence-electron chi connectivity index (χ1n) is 12.7. The number of aryl methyl sites for hydroxylation is 1. The van der Waals surface area contributed by atoms with Crippen LogP contribution < -0.4 is 10.2 Å². The summed E-state index contributed by atoms with van der Waals surface area (Å²) in [6, 6.07) is 4.56. The number of hydroxylamine groups is 1. The summed E-state index contributed by atoms with van der Waals surface area (Å²) in [5.74, 6) is -0.869. The van der Waals surface area contributed by atoms with Gasteiger partial charge in [-0.05, 0) is 43.0 Å². The van der Waals surface area contributed by atoms with Crippen LogP contribution in [0.4, 0.5) is 4.39 Å². The summed E-state index contributed by atoms with van der Waals surface area (Å²) in [6.07, 6.45) is 4.28. The molecule has 0 radical (unpaired) electrons. The molecule has 0 bridgehead atoms. The molecule has 0 aliphatic heterocycles. The van der Waals surface area contributed by atoms with Gasteiger partial charge in [0, 0.05) is 12.4 Å². The Labute approximate surface area is 232 Å². The van der Waals surface area contributed by atoms with Crippen LogP contribution in [0.5, 0.6) is 5.75 Å². The van der Waals surface area contributed by atoms with Gasteiger partial charge in [0.2, 0.25) is 10.0 Å². The molecule has 220 valence electrons. The lowest BCUT2D eigenvalue weighted by Crippen LogP contribution is -2.51. The zero-order valence-electron chi connectivity index (χ0n) is 22.7. The minimum atomic E-state index is -4.20. The number of amides is 1. The summed E-state index contributed by atoms with van der Waals surface area (Å²) in [4.78, 5) is 12.5. The van der Waals surface area contributed by atoms with Gasteiger partial charge in [-0.15, -0.1) is 10.2 Å². The molecule has 3 rings (SSSR count). The Hall–Kier alpha value is -3.47. The molecule has 0 fully saturated rings. The van der Waals surface area contributed by atoms with Crippen molar-refractivity contribution in [3.05, 3.63) is 48.0 Å². The van der Waals surface area contributed by atoms with Gasteiger partial charge in [0.25, 0.3) is 5.91 Å². The number of carbonyl (C=O) groups is 1. The maximum Gasteiger partial charge on any atom is 0.262 e. The van der Waals surface area contributed by atoms with E-state index in [0.717, 1.165) is 10.00 Å². The normalized spacial score (nSPS) is 12.7. The molecular weight excluding hydrogens is 547 g/mol. The van der Waals surface area contributed by atoms with Gasteiger partial charge >= 0.3 is 0 Å². The number of methoxy groups -OCH3 is 1. The number of nitrogens with one attached hydrogen (secondary N) is 1. The minimum absolute atomic E-state index is 0.0487. The predicted octanol–water partition coefficient (Wildman–Crippen LogP) is 1.22. The molecule has 14 nitrogen and oxygen atoms in total. The van der Waals surface area contributed by atoms with Crippen LogP contribution in [0.3, 0.4) is 0 Å². The van der Waals surface area contributed by atoms with Crippen LogP contribution in [0.15, 0.2) is 41.6 Å². The van der Waals surface area contributed by atoms with Gasteiger partial charge in [-0.1, -0.05) is 24.3 Å². The first kappa shape index (κ1) is 31.1. The highest BCUT2D eigenvalue weighted by molar-refractivity contribution is 7.89. The van der Waals surface area contributed by atoms with E-state index in [-0.39, 0.29) is 11.4 Å². The van der Waals surface area contributed by atoms with Crippen LogP contribution in [0.2, 0.25) is 0 Å². The third-order valence-corrected chi connectivity index (χ3v) is 7.81. The fraction of sp³-hybridized carbons (Fsp3) is 0.542. The van der Waals surface area contributed by atoms with Crippen molar-refractivity contribution >= 4 is 15.9 Å². The Morgan fingerprint density at radius 2 is 1.68 bits per heavy atom. The molecule has 0 spiro atoms. The molecule has 0 aliphatic rings. The number of aromatic nitrogens is 6. The van der Waals surface area contributed by atoms with Crippen LogP contribution >= 0.6 is 0 Å². The molecule has 1 aromatic carbocycles. The minimum Gasteiger partial charge on any atom is -0.497 e. The predicted molar refractivity (Wildman–Crippen MR) is 139 cm³/mol. The molecule has 2 N–H and O–H groups in total. The molecule has 1 amide bonds. The Morgan fingerprint density at radius 3 is 2.23 bits per heavy atom. The smallest absolute Gasteiger partial charge is 0.262 e. The summed E-state index contributed by atoms with van der Waals surface area (Å²) in [7, 11) is -2.73. The van der Waals surface area contributed by atoms with Crippen molar-refractivity contribution in [3.63, 3.8) is 0 Å². The maximum absolute atomic E-state index is 13.6. The van der Waals surface area contributed by atoms with E-state index in [1.807, 2.05) is 0 Å². The van der Waals surface area contributed by atoms with E-state index in [2.05, 4.69) is 20.6 Å². The van der Waals surface area contributed by atoms with Crippen molar-refractivity contribution < 1.29 is 32.3 Å². The van der Waals surface area contributed by atoms with Gasteiger partial charge in [0.1, 0.15) is 11.8 Å². The topological polar surface area (TPSA) is 167 Å². The van der Waals surface area contributed by atoms with Crippen molar-refractivity contribution in [1.82, 2.24) is 39.8 Å². The molecule has 0 saturated heterocycles. The number of sulfonamides is 1. The standard InChI is InChI=1S/C24H35FN8O6S/c1-18(2)23(24(34)28-35)33(40(36,37)22-8-6-21(38-3)7-9-22)17-20-16-32(30-27-20)12-14-39-13-11-31-15-19(26-29-31)5-4-10-25/h6-9,15-16,18,23,35H,4-5,10-14,17H2,1-3H3,(H,28,34)/t23-/m1/s1. The lowest BCUT2D eigenvalue weighted by molar-refractivity contribution is -0.134. The molecule has 0 unspecified atom stereocenters. The van der Waals surface area contributed by atoms with E-state index < -0.39 is 34.6 Å². The molecule has 3 aromatic rings. The van der Waals surface area contributed by atoms with E-state index in [0.29, 0.717) is 50.6 Å². The highest BCUT2D eigenvalue weighted by Crippen LogP contribution is 2.26. The number of nitrogens with zero attached hydrogens (tertiary/aromatic N) is 7. The van der Waals surface area contributed by atoms with Crippen LogP contribution in [-0.2, 0) is 45.6 Å². The second kappa shape index (κ2) is 14.8. The number of ether oxygens (including phenoxy) is 2. The molecule has 2 heterocycles. The Bertz CT molecular complexity index is 1310. The average molecular weight is 583 g/mol. The summed E-state index contributed by atoms with van der Waals surface area (Å²) in [5.41, 5.74) is 2.60. The molecule has 0 aliphatic carbocycles. The quantitative estimate of drug-likeness (QED) is 0.134. The molecular formula is C24H35FN8O6S. The van der Waals surface area contributed by atoms with Crippen molar-refractivity contribution in [2.75, 3.05) is 27.0 Å². The van der Waals surface area contributed by atoms with Gasteiger partial charge < -0.3 is 9.47 Å². The number of halogens is 1. The third kappa shape index (κ3) is 8.27. The maximum atomic E-state index is 13.6. The highest BCUT2D eigenvalue weighted by atomic mass is 32.2. The van der Waals surface area contributed by atoms with Crippen LogP contribution in [0.1, 0.15) is 31.7 Å².